The number of aryl methyl sites for hydroxylation is 1. The van der Waals surface area contributed by atoms with Crippen LogP contribution in [0.25, 0.3) is 10.1 Å². The van der Waals surface area contributed by atoms with Gasteiger partial charge in [-0.1, -0.05) is 6.07 Å². The zero-order chi connectivity index (χ0) is 8.72. The van der Waals surface area contributed by atoms with Crippen LogP contribution in [0.15, 0.2) is 17.5 Å². The Morgan fingerprint density at radius 2 is 1.92 bits per heavy atom. The van der Waals surface area contributed by atoms with Crippen LogP contribution >= 0.6 is 56.5 Å². The van der Waals surface area contributed by atoms with Gasteiger partial charge in [0, 0.05) is 22.6 Å². The van der Waals surface area contributed by atoms with Gasteiger partial charge in [0.05, 0.1) is 0 Å². The summed E-state index contributed by atoms with van der Waals surface area (Å²) < 4.78 is 4.16. The van der Waals surface area contributed by atoms with E-state index in [0.29, 0.717) is 0 Å². The number of thiophene rings is 1. The van der Waals surface area contributed by atoms with Crippen molar-refractivity contribution in [1.82, 2.24) is 0 Å². The van der Waals surface area contributed by atoms with E-state index < -0.39 is 0 Å². The average molecular weight is 400 g/mol. The van der Waals surface area contributed by atoms with Gasteiger partial charge in [-0.25, -0.2) is 0 Å². The lowest BCUT2D eigenvalue weighted by Gasteiger charge is -1.98. The Kier molecular flexibility index (Phi) is 2.62. The van der Waals surface area contributed by atoms with E-state index in [0.717, 1.165) is 0 Å². The second-order valence-electron chi connectivity index (χ2n) is 2.63. The molecule has 0 radical (unpaired) electrons. The minimum atomic E-state index is 1.36. The topological polar surface area (TPSA) is 0 Å². The molecule has 3 heteroatoms. The predicted molar refractivity (Wildman–Crippen MR) is 72.0 cm³/mol. The highest BCUT2D eigenvalue weighted by Gasteiger charge is 2.05. The van der Waals surface area contributed by atoms with E-state index in [1.807, 2.05) is 11.3 Å². The first kappa shape index (κ1) is 9.21. The maximum absolute atomic E-state index is 2.39. The Balaban J connectivity index is 2.93. The maximum atomic E-state index is 2.39. The lowest BCUT2D eigenvalue weighted by Crippen LogP contribution is -1.78. The molecule has 0 bridgehead atoms. The molecule has 0 atom stereocenters. The molecule has 1 aromatic carbocycles. The molecule has 0 aliphatic carbocycles. The van der Waals surface area contributed by atoms with Gasteiger partial charge in [0.1, 0.15) is 0 Å². The fraction of sp³-hybridized carbons (Fsp3) is 0.111. The Morgan fingerprint density at radius 3 is 2.67 bits per heavy atom. The summed E-state index contributed by atoms with van der Waals surface area (Å²) in [5.41, 5.74) is 1.42. The van der Waals surface area contributed by atoms with Crippen molar-refractivity contribution in [2.45, 2.75) is 6.92 Å². The van der Waals surface area contributed by atoms with E-state index in [-0.39, 0.29) is 0 Å². The van der Waals surface area contributed by atoms with E-state index >= 15 is 0 Å². The molecule has 0 unspecified atom stereocenters. The number of hydrogen-bond acceptors (Lipinski definition) is 1. The molecule has 62 valence electrons. The standard InChI is InChI=1S/C9H6I2S/c1-5-7(10)3-2-6-8(11)4-12-9(5)6/h2-4H,1H3. The maximum Gasteiger partial charge on any atom is 0.0393 e. The molecule has 12 heavy (non-hydrogen) atoms. The van der Waals surface area contributed by atoms with Crippen LogP contribution < -0.4 is 0 Å². The van der Waals surface area contributed by atoms with Gasteiger partial charge in [0.15, 0.2) is 0 Å². The molecule has 0 aliphatic rings. The van der Waals surface area contributed by atoms with Crippen LogP contribution in [-0.2, 0) is 0 Å². The molecule has 0 N–H and O–H groups in total. The molecule has 1 heterocycles. The van der Waals surface area contributed by atoms with E-state index in [2.05, 4.69) is 69.6 Å². The third kappa shape index (κ3) is 1.39. The van der Waals surface area contributed by atoms with Crippen LogP contribution in [0.5, 0.6) is 0 Å². The van der Waals surface area contributed by atoms with Crippen LogP contribution in [0.3, 0.4) is 0 Å². The van der Waals surface area contributed by atoms with Crippen LogP contribution in [0.2, 0.25) is 0 Å². The molecule has 0 saturated heterocycles. The Hall–Kier alpha value is 0.640. The van der Waals surface area contributed by atoms with Gasteiger partial charge >= 0.3 is 0 Å². The first-order valence-corrected chi connectivity index (χ1v) is 6.55. The Bertz CT molecular complexity index is 431. The SMILES string of the molecule is Cc1c(I)ccc2c(I)csc12. The van der Waals surface area contributed by atoms with Crippen LogP contribution in [0, 0.1) is 14.1 Å². The summed E-state index contributed by atoms with van der Waals surface area (Å²) in [5.74, 6) is 0. The van der Waals surface area contributed by atoms with E-state index in [1.54, 1.807) is 0 Å². The second-order valence-corrected chi connectivity index (χ2v) is 5.84. The van der Waals surface area contributed by atoms with Gasteiger partial charge < -0.3 is 0 Å². The molecule has 0 saturated carbocycles. The van der Waals surface area contributed by atoms with Crippen molar-refractivity contribution < 1.29 is 0 Å². The summed E-state index contributed by atoms with van der Waals surface area (Å²) in [6, 6.07) is 4.40. The summed E-state index contributed by atoms with van der Waals surface area (Å²) in [7, 11) is 0. The predicted octanol–water partition coefficient (Wildman–Crippen LogP) is 4.42. The van der Waals surface area contributed by atoms with Crippen LogP contribution in [0.4, 0.5) is 0 Å². The molecule has 0 fully saturated rings. The minimum absolute atomic E-state index is 1.36. The smallest absolute Gasteiger partial charge is 0.0393 e. The molecule has 0 amide bonds. The fourth-order valence-corrected chi connectivity index (χ4v) is 3.77. The third-order valence-corrected chi connectivity index (χ3v) is 5.48. The molecular formula is C9H6I2S. The molecule has 2 rings (SSSR count). The summed E-state index contributed by atoms with van der Waals surface area (Å²) in [4.78, 5) is 0. The first-order valence-electron chi connectivity index (χ1n) is 3.52. The van der Waals surface area contributed by atoms with Crippen LogP contribution in [-0.4, -0.2) is 0 Å². The molecule has 2 aromatic rings. The number of rotatable bonds is 0. The van der Waals surface area contributed by atoms with Gasteiger partial charge in [-0.3, -0.25) is 0 Å². The summed E-state index contributed by atoms with van der Waals surface area (Å²) >= 11 is 6.62. The van der Waals surface area contributed by atoms with Crippen molar-refractivity contribution in [2.75, 3.05) is 0 Å². The third-order valence-electron chi connectivity index (χ3n) is 1.88. The first-order chi connectivity index (χ1) is 5.70. The zero-order valence-corrected chi connectivity index (χ0v) is 11.5. The van der Waals surface area contributed by atoms with Crippen molar-refractivity contribution in [3.05, 3.63) is 30.2 Å². The molecule has 1 aromatic heterocycles. The molecule has 0 nitrogen and oxygen atoms in total. The van der Waals surface area contributed by atoms with Gasteiger partial charge in [0.25, 0.3) is 0 Å². The van der Waals surface area contributed by atoms with Gasteiger partial charge in [-0.2, -0.15) is 0 Å². The normalized spacial score (nSPS) is 10.9. The van der Waals surface area contributed by atoms with Crippen molar-refractivity contribution in [3.8, 4) is 0 Å². The van der Waals surface area contributed by atoms with E-state index in [9.17, 15) is 0 Å². The monoisotopic (exact) mass is 400 g/mol. The lowest BCUT2D eigenvalue weighted by atomic mass is 10.2. The number of fused-ring (bicyclic) bond motifs is 1. The molecule has 0 aliphatic heterocycles. The van der Waals surface area contributed by atoms with E-state index in [4.69, 9.17) is 0 Å². The number of halogens is 2. The number of benzene rings is 1. The fourth-order valence-electron chi connectivity index (χ4n) is 1.18. The molecular weight excluding hydrogens is 394 g/mol. The molecule has 0 spiro atoms. The van der Waals surface area contributed by atoms with Crippen molar-refractivity contribution in [3.63, 3.8) is 0 Å². The van der Waals surface area contributed by atoms with E-state index in [1.165, 1.54) is 22.8 Å². The van der Waals surface area contributed by atoms with Crippen molar-refractivity contribution in [1.29, 1.82) is 0 Å². The zero-order valence-electron chi connectivity index (χ0n) is 6.40. The lowest BCUT2D eigenvalue weighted by molar-refractivity contribution is 1.50. The minimum Gasteiger partial charge on any atom is -0.142 e. The Labute approximate surface area is 103 Å². The van der Waals surface area contributed by atoms with Crippen molar-refractivity contribution in [2.24, 2.45) is 0 Å². The van der Waals surface area contributed by atoms with Gasteiger partial charge in [-0.15, -0.1) is 11.3 Å². The summed E-state index contributed by atoms with van der Waals surface area (Å²) in [5, 5.41) is 3.62. The Morgan fingerprint density at radius 1 is 1.17 bits per heavy atom. The highest BCUT2D eigenvalue weighted by atomic mass is 127. The highest BCUT2D eigenvalue weighted by Crippen LogP contribution is 2.31. The van der Waals surface area contributed by atoms with Gasteiger partial charge in [-0.05, 0) is 63.7 Å². The van der Waals surface area contributed by atoms with Crippen molar-refractivity contribution >= 4 is 66.6 Å². The van der Waals surface area contributed by atoms with Crippen LogP contribution in [0.1, 0.15) is 5.56 Å². The average Bonchev–Trinajstić information content (AvgIpc) is 2.41. The number of hydrogen-bond donors (Lipinski definition) is 0. The summed E-state index contributed by atoms with van der Waals surface area (Å²) in [6.45, 7) is 2.19. The van der Waals surface area contributed by atoms with Gasteiger partial charge in [0.2, 0.25) is 0 Å². The highest BCUT2D eigenvalue weighted by molar-refractivity contribution is 14.1. The quantitative estimate of drug-likeness (QED) is 0.575. The largest absolute Gasteiger partial charge is 0.142 e. The second kappa shape index (κ2) is 3.42. The summed E-state index contributed by atoms with van der Waals surface area (Å²) in [6.07, 6.45) is 0.